The van der Waals surface area contributed by atoms with Crippen LogP contribution in [0.1, 0.15) is 24.0 Å². The quantitative estimate of drug-likeness (QED) is 0.340. The van der Waals surface area contributed by atoms with Crippen molar-refractivity contribution in [2.24, 2.45) is 17.8 Å². The van der Waals surface area contributed by atoms with Crippen LogP contribution in [0.2, 0.25) is 0 Å². The van der Waals surface area contributed by atoms with Crippen molar-refractivity contribution in [1.29, 1.82) is 0 Å². The predicted molar refractivity (Wildman–Crippen MR) is 148 cm³/mol. The highest BCUT2D eigenvalue weighted by Gasteiger charge is 2.39. The number of allylic oxidation sites excluding steroid dienone is 3. The molecule has 0 bridgehead atoms. The molecule has 0 N–H and O–H groups in total. The number of halogens is 6. The van der Waals surface area contributed by atoms with Crippen LogP contribution in [0.25, 0.3) is 17.2 Å². The maximum absolute atomic E-state index is 13.4. The number of nitrogens with zero attached hydrogens (tertiary/aromatic N) is 2. The smallest absolute Gasteiger partial charge is 0.378 e. The average molecular weight is 591 g/mol. The van der Waals surface area contributed by atoms with Gasteiger partial charge in [-0.05, 0) is 53.2 Å². The fourth-order valence-electron chi connectivity index (χ4n) is 5.72. The molecule has 3 unspecified atom stereocenters. The summed E-state index contributed by atoms with van der Waals surface area (Å²) in [5.41, 5.74) is 2.09. The summed E-state index contributed by atoms with van der Waals surface area (Å²) < 4.78 is 84.3. The third kappa shape index (κ3) is 7.27. The van der Waals surface area contributed by atoms with Crippen LogP contribution in [0.4, 0.5) is 31.1 Å². The Morgan fingerprint density at radius 2 is 1.64 bits per heavy atom. The Bertz CT molecular complexity index is 1340. The van der Waals surface area contributed by atoms with Crippen LogP contribution >= 0.6 is 0 Å². The number of alkyl halides is 6. The summed E-state index contributed by atoms with van der Waals surface area (Å²) >= 11 is 0. The van der Waals surface area contributed by atoms with E-state index >= 15 is 0 Å². The van der Waals surface area contributed by atoms with E-state index in [2.05, 4.69) is 0 Å². The zero-order valence-corrected chi connectivity index (χ0v) is 22.9. The Morgan fingerprint density at radius 1 is 0.905 bits per heavy atom. The van der Waals surface area contributed by atoms with Crippen molar-refractivity contribution in [2.45, 2.75) is 25.2 Å². The molecule has 5 rings (SSSR count). The molecule has 0 radical (unpaired) electrons. The Labute approximate surface area is 240 Å². The van der Waals surface area contributed by atoms with Crippen LogP contribution in [0.3, 0.4) is 0 Å². The molecular weight excluding hydrogens is 558 g/mol. The topological polar surface area (TPSA) is 32.8 Å². The van der Waals surface area contributed by atoms with E-state index in [1.165, 1.54) is 12.1 Å². The van der Waals surface area contributed by atoms with E-state index in [-0.39, 0.29) is 24.3 Å². The van der Waals surface area contributed by atoms with Gasteiger partial charge in [-0.1, -0.05) is 66.8 Å². The monoisotopic (exact) mass is 590 g/mol. The summed E-state index contributed by atoms with van der Waals surface area (Å²) in [5, 5.41) is 0. The summed E-state index contributed by atoms with van der Waals surface area (Å²) in [7, 11) is 0. The van der Waals surface area contributed by atoms with E-state index in [9.17, 15) is 31.1 Å². The van der Waals surface area contributed by atoms with Gasteiger partial charge < -0.3 is 14.5 Å². The van der Waals surface area contributed by atoms with Gasteiger partial charge in [-0.3, -0.25) is 0 Å². The summed E-state index contributed by atoms with van der Waals surface area (Å²) in [5.74, 6) is -1.64. The third-order valence-corrected chi connectivity index (χ3v) is 8.05. The number of amides is 2. The zero-order valence-electron chi connectivity index (χ0n) is 22.9. The molecule has 2 amide bonds. The lowest BCUT2D eigenvalue weighted by Crippen LogP contribution is -2.52. The van der Waals surface area contributed by atoms with Gasteiger partial charge in [0.05, 0.1) is 24.7 Å². The number of urea groups is 1. The van der Waals surface area contributed by atoms with Gasteiger partial charge in [-0.15, -0.1) is 0 Å². The second-order valence-electron chi connectivity index (χ2n) is 11.0. The Hall–Kier alpha value is -3.53. The van der Waals surface area contributed by atoms with Crippen LogP contribution in [0, 0.1) is 17.8 Å². The SMILES string of the molecule is O=C(N1CCOCC1)N1CC(/C=C\c2ccc(-c3cccc(C(F)(F)F)c3)cc2)CC(C2=CCC(C(F)(F)F)C=C2)C1. The van der Waals surface area contributed by atoms with E-state index in [0.717, 1.165) is 23.3 Å². The molecule has 4 nitrogen and oxygen atoms in total. The summed E-state index contributed by atoms with van der Waals surface area (Å²) in [6.07, 6.45) is 0.223. The van der Waals surface area contributed by atoms with Crippen LogP contribution < -0.4 is 0 Å². The lowest BCUT2D eigenvalue weighted by Gasteiger charge is -2.41. The van der Waals surface area contributed by atoms with Crippen molar-refractivity contribution < 1.29 is 35.9 Å². The summed E-state index contributed by atoms with van der Waals surface area (Å²) in [4.78, 5) is 16.9. The van der Waals surface area contributed by atoms with Crippen molar-refractivity contribution in [3.63, 3.8) is 0 Å². The van der Waals surface area contributed by atoms with Gasteiger partial charge in [0.15, 0.2) is 0 Å². The fourth-order valence-corrected chi connectivity index (χ4v) is 5.72. The molecule has 0 saturated carbocycles. The molecule has 0 spiro atoms. The summed E-state index contributed by atoms with van der Waals surface area (Å²) in [6, 6.07) is 12.3. The van der Waals surface area contributed by atoms with E-state index in [1.807, 2.05) is 24.3 Å². The fraction of sp³-hybridized carbons (Fsp3) is 0.406. The molecule has 42 heavy (non-hydrogen) atoms. The van der Waals surface area contributed by atoms with E-state index < -0.39 is 23.8 Å². The molecule has 2 fully saturated rings. The molecule has 2 heterocycles. The van der Waals surface area contributed by atoms with E-state index in [4.69, 9.17) is 4.74 Å². The number of piperidine rings is 1. The molecular formula is C32H32F6N2O2. The Balaban J connectivity index is 1.31. The van der Waals surface area contributed by atoms with Gasteiger partial charge in [-0.25, -0.2) is 4.79 Å². The molecule has 2 aromatic rings. The standard InChI is InChI=1S/C32H32F6N2O2/c33-31(34,35)28-12-10-25(11-13-28)27-18-23(20-40(21-27)30(41)39-14-16-42-17-15-39)5-4-22-6-8-24(9-7-22)26-2-1-3-29(19-26)32(36,37)38/h1-12,19,23,27-28H,13-18,20-21H2/b5-4-. The van der Waals surface area contributed by atoms with Crippen molar-refractivity contribution in [2.75, 3.05) is 39.4 Å². The van der Waals surface area contributed by atoms with Crippen molar-refractivity contribution in [3.8, 4) is 11.1 Å². The zero-order chi connectivity index (χ0) is 29.9. The van der Waals surface area contributed by atoms with Crippen molar-refractivity contribution >= 4 is 12.1 Å². The maximum Gasteiger partial charge on any atom is 0.416 e. The molecule has 10 heteroatoms. The highest BCUT2D eigenvalue weighted by molar-refractivity contribution is 5.75. The van der Waals surface area contributed by atoms with Gasteiger partial charge in [0, 0.05) is 32.1 Å². The van der Waals surface area contributed by atoms with Gasteiger partial charge in [0.2, 0.25) is 0 Å². The van der Waals surface area contributed by atoms with Crippen LogP contribution in [0.5, 0.6) is 0 Å². The summed E-state index contributed by atoms with van der Waals surface area (Å²) in [6.45, 7) is 2.83. The number of rotatable bonds is 4. The highest BCUT2D eigenvalue weighted by Crippen LogP contribution is 2.38. The molecule has 2 saturated heterocycles. The molecule has 1 aliphatic carbocycles. The lowest BCUT2D eigenvalue weighted by molar-refractivity contribution is -0.160. The van der Waals surface area contributed by atoms with E-state index in [0.29, 0.717) is 56.9 Å². The van der Waals surface area contributed by atoms with Crippen molar-refractivity contribution in [1.82, 2.24) is 9.80 Å². The second kappa shape index (κ2) is 12.4. The van der Waals surface area contributed by atoms with Gasteiger partial charge in [0.1, 0.15) is 0 Å². The minimum Gasteiger partial charge on any atom is -0.378 e. The largest absolute Gasteiger partial charge is 0.416 e. The van der Waals surface area contributed by atoms with Gasteiger partial charge in [0.25, 0.3) is 0 Å². The molecule has 2 aromatic carbocycles. The number of hydrogen-bond acceptors (Lipinski definition) is 2. The number of hydrogen-bond donors (Lipinski definition) is 0. The number of carbonyl (C=O) groups is 1. The number of carbonyl (C=O) groups excluding carboxylic acids is 1. The number of benzene rings is 2. The number of morpholine rings is 1. The van der Waals surface area contributed by atoms with Crippen LogP contribution in [-0.2, 0) is 10.9 Å². The maximum atomic E-state index is 13.4. The van der Waals surface area contributed by atoms with Crippen LogP contribution in [-0.4, -0.2) is 61.4 Å². The first-order valence-electron chi connectivity index (χ1n) is 14.0. The first kappa shape index (κ1) is 29.9. The first-order chi connectivity index (χ1) is 20.0. The van der Waals surface area contributed by atoms with Gasteiger partial charge >= 0.3 is 18.4 Å². The molecule has 0 aromatic heterocycles. The second-order valence-corrected chi connectivity index (χ2v) is 11.0. The predicted octanol–water partition coefficient (Wildman–Crippen LogP) is 7.84. The lowest BCUT2D eigenvalue weighted by atomic mass is 9.81. The third-order valence-electron chi connectivity index (χ3n) is 8.05. The van der Waals surface area contributed by atoms with E-state index in [1.54, 1.807) is 40.2 Å². The van der Waals surface area contributed by atoms with Gasteiger partial charge in [-0.2, -0.15) is 26.3 Å². The molecule has 3 aliphatic rings. The Morgan fingerprint density at radius 3 is 2.29 bits per heavy atom. The molecule has 3 atom stereocenters. The highest BCUT2D eigenvalue weighted by atomic mass is 19.4. The minimum absolute atomic E-state index is 0.0356. The molecule has 2 aliphatic heterocycles. The van der Waals surface area contributed by atoms with Crippen molar-refractivity contribution in [3.05, 3.63) is 89.5 Å². The minimum atomic E-state index is -4.42. The normalized spacial score (nSPS) is 23.8. The van der Waals surface area contributed by atoms with Crippen LogP contribution in [0.15, 0.2) is 78.4 Å². The number of ether oxygens (including phenoxy) is 1. The average Bonchev–Trinajstić information content (AvgIpc) is 2.99. The molecule has 224 valence electrons. The number of likely N-dealkylation sites (tertiary alicyclic amines) is 1. The first-order valence-corrected chi connectivity index (χ1v) is 14.0. The Kier molecular flexibility index (Phi) is 8.82.